The van der Waals surface area contributed by atoms with E-state index in [4.69, 9.17) is 11.6 Å². The molecule has 1 aliphatic carbocycles. The fourth-order valence-electron chi connectivity index (χ4n) is 2.49. The lowest BCUT2D eigenvalue weighted by Gasteiger charge is -2.29. The van der Waals surface area contributed by atoms with Gasteiger partial charge >= 0.3 is 0 Å². The molecule has 0 spiro atoms. The smallest absolute Gasteiger partial charge is 0.110 e. The van der Waals surface area contributed by atoms with Crippen molar-refractivity contribution in [3.05, 3.63) is 29.8 Å². The van der Waals surface area contributed by atoms with Crippen molar-refractivity contribution in [3.8, 4) is 0 Å². The predicted octanol–water partition coefficient (Wildman–Crippen LogP) is 3.78. The van der Waals surface area contributed by atoms with Gasteiger partial charge in [-0.3, -0.25) is 4.99 Å². The number of aliphatic imine (C=N–C) groups is 1. The summed E-state index contributed by atoms with van der Waals surface area (Å²) in [6, 6.07) is 8.26. The van der Waals surface area contributed by atoms with Crippen molar-refractivity contribution in [2.75, 3.05) is 0 Å². The first-order chi connectivity index (χ1) is 6.81. The molecule has 0 radical (unpaired) electrons. The molecular formula is C12H12ClN. The van der Waals surface area contributed by atoms with Crippen LogP contribution in [-0.4, -0.2) is 5.71 Å². The van der Waals surface area contributed by atoms with Gasteiger partial charge in [-0.25, -0.2) is 0 Å². The van der Waals surface area contributed by atoms with Gasteiger partial charge in [0.15, 0.2) is 0 Å². The molecule has 1 fully saturated rings. The molecule has 2 heteroatoms. The number of halogens is 1. The normalized spacial score (nSPS) is 29.4. The van der Waals surface area contributed by atoms with Crippen LogP contribution in [0.15, 0.2) is 29.3 Å². The van der Waals surface area contributed by atoms with Crippen LogP contribution in [-0.2, 0) is 4.87 Å². The maximum atomic E-state index is 6.67. The molecule has 0 saturated heterocycles. The van der Waals surface area contributed by atoms with Gasteiger partial charge < -0.3 is 0 Å². The maximum Gasteiger partial charge on any atom is 0.110 e. The van der Waals surface area contributed by atoms with Crippen molar-refractivity contribution in [1.82, 2.24) is 0 Å². The Labute approximate surface area is 88.8 Å². The van der Waals surface area contributed by atoms with Gasteiger partial charge in [-0.15, -0.1) is 11.6 Å². The molecule has 14 heavy (non-hydrogen) atoms. The van der Waals surface area contributed by atoms with Crippen molar-refractivity contribution < 1.29 is 0 Å². The van der Waals surface area contributed by atoms with Crippen molar-refractivity contribution in [2.24, 2.45) is 4.99 Å². The van der Waals surface area contributed by atoms with Crippen LogP contribution in [0.5, 0.6) is 0 Å². The largest absolute Gasteiger partial charge is 0.255 e. The van der Waals surface area contributed by atoms with Crippen LogP contribution in [0.3, 0.4) is 0 Å². The van der Waals surface area contributed by atoms with E-state index in [-0.39, 0.29) is 4.87 Å². The molecule has 1 aliphatic heterocycles. The lowest BCUT2D eigenvalue weighted by molar-refractivity contribution is 0.582. The molecule has 1 heterocycles. The van der Waals surface area contributed by atoms with Crippen molar-refractivity contribution in [1.29, 1.82) is 0 Å². The Bertz CT molecular complexity index is 411. The van der Waals surface area contributed by atoms with Crippen LogP contribution in [0.2, 0.25) is 0 Å². The number of fused-ring (bicyclic) bond motifs is 3. The van der Waals surface area contributed by atoms with Gasteiger partial charge in [0.05, 0.1) is 5.69 Å². The van der Waals surface area contributed by atoms with Gasteiger partial charge in [0.25, 0.3) is 0 Å². The minimum Gasteiger partial charge on any atom is -0.255 e. The predicted molar refractivity (Wildman–Crippen MR) is 59.5 cm³/mol. The zero-order chi connectivity index (χ0) is 9.60. The lowest BCUT2D eigenvalue weighted by atomic mass is 9.83. The van der Waals surface area contributed by atoms with E-state index in [0.717, 1.165) is 18.5 Å². The highest BCUT2D eigenvalue weighted by molar-refractivity contribution is 6.38. The summed E-state index contributed by atoms with van der Waals surface area (Å²) in [4.78, 5) is 4.37. The Morgan fingerprint density at radius 3 is 3.00 bits per heavy atom. The topological polar surface area (TPSA) is 12.4 Å². The molecule has 72 valence electrons. The average molecular weight is 206 g/mol. The van der Waals surface area contributed by atoms with Crippen LogP contribution in [0.4, 0.5) is 5.69 Å². The number of para-hydroxylation sites is 1. The summed E-state index contributed by atoms with van der Waals surface area (Å²) in [5, 5.41) is 0. The Kier molecular flexibility index (Phi) is 1.72. The van der Waals surface area contributed by atoms with E-state index in [1.165, 1.54) is 24.1 Å². The third-order valence-corrected chi connectivity index (χ3v) is 3.84. The number of benzene rings is 1. The second kappa shape index (κ2) is 2.83. The summed E-state index contributed by atoms with van der Waals surface area (Å²) in [6.45, 7) is 0. The minimum atomic E-state index is -0.255. The molecule has 2 aliphatic rings. The first-order valence-corrected chi connectivity index (χ1v) is 5.55. The van der Waals surface area contributed by atoms with Gasteiger partial charge in [-0.2, -0.15) is 0 Å². The quantitative estimate of drug-likeness (QED) is 0.572. The highest BCUT2D eigenvalue weighted by Gasteiger charge is 2.42. The molecule has 0 N–H and O–H groups in total. The monoisotopic (exact) mass is 205 g/mol. The average Bonchev–Trinajstić information content (AvgIpc) is 2.51. The Morgan fingerprint density at radius 2 is 2.07 bits per heavy atom. The van der Waals surface area contributed by atoms with E-state index >= 15 is 0 Å². The fourth-order valence-corrected chi connectivity index (χ4v) is 2.92. The highest BCUT2D eigenvalue weighted by Crippen LogP contribution is 2.49. The maximum absolute atomic E-state index is 6.67. The third-order valence-electron chi connectivity index (χ3n) is 3.23. The van der Waals surface area contributed by atoms with Crippen LogP contribution >= 0.6 is 11.6 Å². The molecule has 0 amide bonds. The van der Waals surface area contributed by atoms with E-state index in [1.807, 2.05) is 6.07 Å². The Balaban J connectivity index is 2.18. The van der Waals surface area contributed by atoms with Crippen molar-refractivity contribution in [2.45, 2.75) is 30.6 Å². The fraction of sp³-hybridized carbons (Fsp3) is 0.417. The molecule has 1 aromatic carbocycles. The minimum absolute atomic E-state index is 0.255. The summed E-state index contributed by atoms with van der Waals surface area (Å²) in [5.41, 5.74) is 3.49. The number of alkyl halides is 1. The summed E-state index contributed by atoms with van der Waals surface area (Å²) in [5.74, 6) is 0. The molecule has 0 aromatic heterocycles. The van der Waals surface area contributed by atoms with Crippen molar-refractivity contribution in [3.63, 3.8) is 0 Å². The van der Waals surface area contributed by atoms with E-state index < -0.39 is 0 Å². The molecule has 3 rings (SSSR count). The lowest BCUT2D eigenvalue weighted by Crippen LogP contribution is -2.29. The molecule has 1 saturated carbocycles. The molecule has 1 unspecified atom stereocenters. The highest BCUT2D eigenvalue weighted by atomic mass is 35.5. The van der Waals surface area contributed by atoms with E-state index in [0.29, 0.717) is 0 Å². The molecule has 1 atom stereocenters. The van der Waals surface area contributed by atoms with E-state index in [2.05, 4.69) is 23.2 Å². The van der Waals surface area contributed by atoms with Gasteiger partial charge in [-0.1, -0.05) is 24.6 Å². The summed E-state index contributed by atoms with van der Waals surface area (Å²) < 4.78 is 0. The Hall–Kier alpha value is -0.820. The number of rotatable bonds is 0. The van der Waals surface area contributed by atoms with Gasteiger partial charge in [0, 0.05) is 11.3 Å². The van der Waals surface area contributed by atoms with Crippen LogP contribution in [0, 0.1) is 0 Å². The van der Waals surface area contributed by atoms with Gasteiger partial charge in [0.2, 0.25) is 0 Å². The summed E-state index contributed by atoms with van der Waals surface area (Å²) >= 11 is 6.67. The number of hydrogen-bond acceptors (Lipinski definition) is 1. The molecule has 0 bridgehead atoms. The third kappa shape index (κ3) is 0.992. The first kappa shape index (κ1) is 8.49. The SMILES string of the molecule is ClC12CCCCC1=Nc1ccccc12. The van der Waals surface area contributed by atoms with Crippen LogP contribution in [0.25, 0.3) is 0 Å². The van der Waals surface area contributed by atoms with Crippen LogP contribution < -0.4 is 0 Å². The van der Waals surface area contributed by atoms with E-state index in [9.17, 15) is 0 Å². The zero-order valence-electron chi connectivity index (χ0n) is 7.96. The second-order valence-electron chi connectivity index (χ2n) is 4.08. The van der Waals surface area contributed by atoms with E-state index in [1.54, 1.807) is 0 Å². The van der Waals surface area contributed by atoms with Crippen molar-refractivity contribution >= 4 is 23.0 Å². The number of nitrogens with zero attached hydrogens (tertiary/aromatic N) is 1. The summed E-state index contributed by atoms with van der Waals surface area (Å²) in [7, 11) is 0. The second-order valence-corrected chi connectivity index (χ2v) is 4.73. The van der Waals surface area contributed by atoms with Crippen LogP contribution in [0.1, 0.15) is 31.2 Å². The molecular weight excluding hydrogens is 194 g/mol. The zero-order valence-corrected chi connectivity index (χ0v) is 8.72. The first-order valence-electron chi connectivity index (χ1n) is 5.17. The van der Waals surface area contributed by atoms with Gasteiger partial charge in [-0.05, 0) is 25.3 Å². The van der Waals surface area contributed by atoms with Gasteiger partial charge in [0.1, 0.15) is 4.87 Å². The molecule has 1 nitrogen and oxygen atoms in total. The molecule has 1 aromatic rings. The number of hydrogen-bond donors (Lipinski definition) is 0. The summed E-state index contributed by atoms with van der Waals surface area (Å²) in [6.07, 6.45) is 4.57. The Morgan fingerprint density at radius 1 is 1.21 bits per heavy atom. The standard InChI is InChI=1S/C12H12ClN/c13-12-8-4-3-7-11(12)14-10-6-2-1-5-9(10)12/h1-2,5-6H,3-4,7-8H2.